The summed E-state index contributed by atoms with van der Waals surface area (Å²) in [6.07, 6.45) is 13.4. The largest absolute Gasteiger partial charge is 0.351 e. The van der Waals surface area contributed by atoms with Crippen LogP contribution in [0.1, 0.15) is 94.2 Å². The first-order valence-electron chi connectivity index (χ1n) is 15.6. The molecule has 3 N–H and O–H groups in total. The van der Waals surface area contributed by atoms with Crippen LogP contribution < -0.4 is 16.0 Å². The van der Waals surface area contributed by atoms with Crippen molar-refractivity contribution in [3.63, 3.8) is 0 Å². The summed E-state index contributed by atoms with van der Waals surface area (Å²) in [6, 6.07) is 3.25. The fourth-order valence-corrected chi connectivity index (χ4v) is 8.50. The van der Waals surface area contributed by atoms with Crippen LogP contribution in [0.3, 0.4) is 0 Å². The Labute approximate surface area is 247 Å². The van der Waals surface area contributed by atoms with Crippen LogP contribution in [0, 0.1) is 25.7 Å². The van der Waals surface area contributed by atoms with Crippen molar-refractivity contribution in [1.29, 1.82) is 0 Å². The highest BCUT2D eigenvalue weighted by Gasteiger charge is 2.45. The summed E-state index contributed by atoms with van der Waals surface area (Å²) in [5.74, 6) is 2.42. The molecule has 2 amide bonds. The number of sulfonamides is 1. The van der Waals surface area contributed by atoms with E-state index < -0.39 is 16.1 Å². The van der Waals surface area contributed by atoms with E-state index in [1.807, 2.05) is 26.0 Å². The lowest BCUT2D eigenvalue weighted by Gasteiger charge is -2.37. The highest BCUT2D eigenvalue weighted by molar-refractivity contribution is 7.89. The lowest BCUT2D eigenvalue weighted by atomic mass is 9.78. The first kappa shape index (κ1) is 31.5. The molecule has 8 nitrogen and oxygen atoms in total. The van der Waals surface area contributed by atoms with E-state index in [9.17, 15) is 13.2 Å². The SMILES string of the molecule is C=C1NC([C@H]2CCC[C@@H](CCCCCC)C2)=NC12CCN(S(=O)(=O)CCc1c(C)cc(N(C)C(N)=O)cc1C)CC2. The highest BCUT2D eigenvalue weighted by Crippen LogP contribution is 2.40. The predicted octanol–water partition coefficient (Wildman–Crippen LogP) is 5.82. The predicted molar refractivity (Wildman–Crippen MR) is 169 cm³/mol. The number of benzene rings is 1. The monoisotopic (exact) mass is 585 g/mol. The number of amidine groups is 1. The zero-order valence-electron chi connectivity index (χ0n) is 25.7. The fraction of sp³-hybridized carbons (Fsp3) is 0.688. The quantitative estimate of drug-likeness (QED) is 0.319. The van der Waals surface area contributed by atoms with Gasteiger partial charge in [-0.15, -0.1) is 0 Å². The number of rotatable bonds is 11. The Balaban J connectivity index is 1.34. The van der Waals surface area contributed by atoms with Crippen molar-refractivity contribution in [2.24, 2.45) is 22.6 Å². The molecule has 2 fully saturated rings. The molecule has 41 heavy (non-hydrogen) atoms. The number of carbonyl (C=O) groups excluding carboxylic acids is 1. The van der Waals surface area contributed by atoms with Crippen LogP contribution in [0.5, 0.6) is 0 Å². The Morgan fingerprint density at radius 2 is 1.85 bits per heavy atom. The molecule has 1 saturated heterocycles. The standard InChI is InChI=1S/C32H51N5O3S/c1-6-7-8-9-11-26-12-10-13-27(22-26)30-34-25(4)32(35-30)15-17-37(18-16-32)41(39,40)19-14-29-23(2)20-28(21-24(29)3)36(5)31(33)38/h20-21,26-27H,4,6-19,22H2,1-3,5H3,(H2,33,38)(H,34,35)/t26-,27+/m1/s1. The van der Waals surface area contributed by atoms with Crippen molar-refractivity contribution in [2.75, 3.05) is 30.8 Å². The molecule has 0 radical (unpaired) electrons. The summed E-state index contributed by atoms with van der Waals surface area (Å²) >= 11 is 0. The molecule has 2 atom stereocenters. The first-order valence-corrected chi connectivity index (χ1v) is 17.2. The molecule has 1 saturated carbocycles. The van der Waals surface area contributed by atoms with Gasteiger partial charge in [-0.1, -0.05) is 58.4 Å². The molecule has 4 rings (SSSR count). The van der Waals surface area contributed by atoms with Gasteiger partial charge >= 0.3 is 6.03 Å². The van der Waals surface area contributed by atoms with Crippen molar-refractivity contribution >= 4 is 27.6 Å². The van der Waals surface area contributed by atoms with Gasteiger partial charge in [0.2, 0.25) is 10.0 Å². The lowest BCUT2D eigenvalue weighted by molar-refractivity contribution is 0.255. The number of piperidine rings is 1. The molecule has 1 spiro atoms. The number of unbranched alkanes of at least 4 members (excludes halogenated alkanes) is 3. The van der Waals surface area contributed by atoms with Crippen LogP contribution in [-0.4, -0.2) is 56.0 Å². The fourth-order valence-electron chi connectivity index (χ4n) is 7.05. The molecular weight excluding hydrogens is 534 g/mol. The molecule has 1 aliphatic carbocycles. The van der Waals surface area contributed by atoms with Crippen molar-refractivity contribution in [3.8, 4) is 0 Å². The number of nitrogens with two attached hydrogens (primary N) is 1. The van der Waals surface area contributed by atoms with E-state index in [1.54, 1.807) is 11.4 Å². The Kier molecular flexibility index (Phi) is 10.2. The molecule has 1 aromatic rings. The number of primary amides is 1. The minimum atomic E-state index is -3.42. The van der Waals surface area contributed by atoms with Gasteiger partial charge in [0.05, 0.1) is 5.75 Å². The minimum absolute atomic E-state index is 0.0577. The molecule has 1 aromatic carbocycles. The first-order chi connectivity index (χ1) is 19.5. The van der Waals surface area contributed by atoms with Gasteiger partial charge < -0.3 is 11.1 Å². The molecule has 228 valence electrons. The van der Waals surface area contributed by atoms with E-state index in [0.717, 1.165) is 34.1 Å². The van der Waals surface area contributed by atoms with Gasteiger partial charge in [0, 0.05) is 37.4 Å². The number of hydrogen-bond acceptors (Lipinski definition) is 5. The van der Waals surface area contributed by atoms with Gasteiger partial charge in [0.25, 0.3) is 0 Å². The Bertz CT molecular complexity index is 1230. The third-order valence-electron chi connectivity index (χ3n) is 9.76. The second kappa shape index (κ2) is 13.3. The number of aryl methyl sites for hydroxylation is 2. The van der Waals surface area contributed by atoms with E-state index in [2.05, 4.69) is 18.8 Å². The van der Waals surface area contributed by atoms with Gasteiger partial charge in [-0.25, -0.2) is 17.5 Å². The second-order valence-electron chi connectivity index (χ2n) is 12.6. The number of aliphatic imine (C=N–C) groups is 1. The number of urea groups is 1. The van der Waals surface area contributed by atoms with Gasteiger partial charge in [0.15, 0.2) is 0 Å². The molecule has 2 aliphatic heterocycles. The summed E-state index contributed by atoms with van der Waals surface area (Å²) in [5.41, 5.74) is 9.61. The normalized spacial score (nSPS) is 22.9. The molecule has 2 heterocycles. The average molecular weight is 586 g/mol. The number of carbonyl (C=O) groups is 1. The van der Waals surface area contributed by atoms with Gasteiger partial charge in [0.1, 0.15) is 11.4 Å². The van der Waals surface area contributed by atoms with Crippen LogP contribution in [0.2, 0.25) is 0 Å². The number of anilines is 1. The molecule has 9 heteroatoms. The Hall–Kier alpha value is -2.39. The van der Waals surface area contributed by atoms with E-state index in [-0.39, 0.29) is 11.3 Å². The number of nitrogens with one attached hydrogen (secondary N) is 1. The maximum atomic E-state index is 13.4. The maximum Gasteiger partial charge on any atom is 0.318 e. The molecule has 0 unspecified atom stereocenters. The summed E-state index contributed by atoms with van der Waals surface area (Å²) in [7, 11) is -1.79. The third-order valence-corrected chi connectivity index (χ3v) is 11.6. The topological polar surface area (TPSA) is 108 Å². The van der Waals surface area contributed by atoms with E-state index in [4.69, 9.17) is 10.7 Å². The number of amides is 2. The van der Waals surface area contributed by atoms with Gasteiger partial charge in [-0.2, -0.15) is 0 Å². The summed E-state index contributed by atoms with van der Waals surface area (Å²) in [5, 5.41) is 3.57. The minimum Gasteiger partial charge on any atom is -0.351 e. The zero-order valence-corrected chi connectivity index (χ0v) is 26.5. The highest BCUT2D eigenvalue weighted by atomic mass is 32.2. The third kappa shape index (κ3) is 7.34. The van der Waals surface area contributed by atoms with E-state index in [0.29, 0.717) is 44.0 Å². The van der Waals surface area contributed by atoms with Crippen LogP contribution in [0.15, 0.2) is 29.4 Å². The van der Waals surface area contributed by atoms with Crippen molar-refractivity contribution in [3.05, 3.63) is 41.1 Å². The zero-order chi connectivity index (χ0) is 29.8. The Morgan fingerprint density at radius 3 is 2.49 bits per heavy atom. The van der Waals surface area contributed by atoms with Crippen LogP contribution in [0.25, 0.3) is 0 Å². The average Bonchev–Trinajstić information content (AvgIpc) is 3.25. The molecule has 0 bridgehead atoms. The summed E-state index contributed by atoms with van der Waals surface area (Å²) in [4.78, 5) is 18.2. The molecular formula is C32H51N5O3S. The number of hydrogen-bond donors (Lipinski definition) is 2. The Morgan fingerprint density at radius 1 is 1.17 bits per heavy atom. The maximum absolute atomic E-state index is 13.4. The van der Waals surface area contributed by atoms with E-state index in [1.165, 1.54) is 62.7 Å². The summed E-state index contributed by atoms with van der Waals surface area (Å²) in [6.45, 7) is 11.4. The molecule has 0 aromatic heterocycles. The van der Waals surface area contributed by atoms with Crippen molar-refractivity contribution in [1.82, 2.24) is 9.62 Å². The van der Waals surface area contributed by atoms with Crippen LogP contribution in [-0.2, 0) is 16.4 Å². The second-order valence-corrected chi connectivity index (χ2v) is 14.7. The van der Waals surface area contributed by atoms with Crippen LogP contribution >= 0.6 is 0 Å². The lowest BCUT2D eigenvalue weighted by Crippen LogP contribution is -2.47. The summed E-state index contributed by atoms with van der Waals surface area (Å²) < 4.78 is 28.4. The van der Waals surface area contributed by atoms with Crippen molar-refractivity contribution in [2.45, 2.75) is 103 Å². The smallest absolute Gasteiger partial charge is 0.318 e. The van der Waals surface area contributed by atoms with Gasteiger partial charge in [-0.05, 0) is 80.7 Å². The molecule has 3 aliphatic rings. The van der Waals surface area contributed by atoms with Crippen molar-refractivity contribution < 1.29 is 13.2 Å². The number of nitrogens with zero attached hydrogens (tertiary/aromatic N) is 3. The van der Waals surface area contributed by atoms with Crippen LogP contribution in [0.4, 0.5) is 10.5 Å². The van der Waals surface area contributed by atoms with Gasteiger partial charge in [-0.3, -0.25) is 9.89 Å². The van der Waals surface area contributed by atoms with E-state index >= 15 is 0 Å².